The van der Waals surface area contributed by atoms with Crippen molar-refractivity contribution in [3.05, 3.63) is 403 Å². The Morgan fingerprint density at radius 1 is 0.217 bits per heavy atom. The summed E-state index contributed by atoms with van der Waals surface area (Å²) in [4.78, 5) is 5.48. The van der Waals surface area contributed by atoms with E-state index < -0.39 is 0 Å². The standard InChI is InChI=1S/C115H93BN4/c1-72-44-52-103-97(56-72)98-57-73(2)45-53-104(98)117(103)91-48-50-101-107(70-91)119(112-93(79-32-20-14-21-33-79)66-89(114(6,7)8)68-95(112)87-42-26-40-85(64-87)83-38-24-36-81(62-83)77-28-16-12-17-29-77)109-60-76(5)61-110-111(109)116(101)102-51-49-92(118-105-54-46-74(3)58-99(105)100-59-75(4)47-55-106(100)118)71-108(102)120(110)113-94(80-34-22-15-23-35-80)67-90(115(9,10)11)69-96(113)88-43-27-41-86(65-88)84-39-25-37-82(63-84)78-30-18-13-19-31-78/h12-71H,1-11H3. The van der Waals surface area contributed by atoms with Crippen LogP contribution in [0.4, 0.5) is 34.1 Å². The minimum absolute atomic E-state index is 0.255. The third-order valence-electron chi connectivity index (χ3n) is 25.4. The molecular weight excluding hydrogens is 1450 g/mol. The van der Waals surface area contributed by atoms with Crippen LogP contribution in [0.15, 0.2) is 364 Å². The molecule has 2 aliphatic heterocycles. The molecule has 4 heterocycles. The maximum Gasteiger partial charge on any atom is 0.252 e. The summed E-state index contributed by atoms with van der Waals surface area (Å²) in [6, 6.07) is 139. The minimum atomic E-state index is -0.279. The van der Waals surface area contributed by atoms with Gasteiger partial charge in [0.25, 0.3) is 6.71 Å². The van der Waals surface area contributed by atoms with Gasteiger partial charge in [-0.15, -0.1) is 0 Å². The second-order valence-electron chi connectivity index (χ2n) is 35.7. The van der Waals surface area contributed by atoms with Gasteiger partial charge in [-0.3, -0.25) is 0 Å². The first-order chi connectivity index (χ1) is 58.3. The molecule has 0 saturated heterocycles. The van der Waals surface area contributed by atoms with Crippen molar-refractivity contribution in [1.82, 2.24) is 9.13 Å². The summed E-state index contributed by atoms with van der Waals surface area (Å²) < 4.78 is 5.07. The zero-order chi connectivity index (χ0) is 81.6. The van der Waals surface area contributed by atoms with E-state index in [-0.39, 0.29) is 17.5 Å². The van der Waals surface area contributed by atoms with Crippen molar-refractivity contribution in [2.75, 3.05) is 9.80 Å². The highest BCUT2D eigenvalue weighted by Crippen LogP contribution is 2.56. The second kappa shape index (κ2) is 28.7. The SMILES string of the molecule is Cc1cc2c3c(c1)N(c1c(-c4ccccc4)cc(C(C)(C)C)cc1-c1cccc(-c4cccc(-c5ccccc5)c4)c1)c1cc(-n4c5ccc(C)cc5c5cc(C)ccc54)ccc1B3c1ccc(-n3c4ccc(C)cc4c4cc(C)ccc43)cc1N2c1c(-c2ccccc2)cc(C(C)(C)C)cc1-c1cccc(-c2cccc(-c3ccccc3)c2)c1. The summed E-state index contributed by atoms with van der Waals surface area (Å²) in [5.74, 6) is 0. The normalized spacial score (nSPS) is 12.6. The molecule has 0 aliphatic carbocycles. The average molecular weight is 1540 g/mol. The zero-order valence-electron chi connectivity index (χ0n) is 70.0. The molecule has 19 aromatic rings. The largest absolute Gasteiger partial charge is 0.310 e. The highest BCUT2D eigenvalue weighted by molar-refractivity contribution is 7.00. The summed E-state index contributed by atoms with van der Waals surface area (Å²) in [5, 5.41) is 4.98. The van der Waals surface area contributed by atoms with Crippen LogP contribution in [0.1, 0.15) is 80.5 Å². The lowest BCUT2D eigenvalue weighted by atomic mass is 9.33. The van der Waals surface area contributed by atoms with Crippen LogP contribution in [0.5, 0.6) is 0 Å². The quantitative estimate of drug-likeness (QED) is 0.113. The summed E-state index contributed by atoms with van der Waals surface area (Å²) in [7, 11) is 0. The van der Waals surface area contributed by atoms with Crippen molar-refractivity contribution < 1.29 is 0 Å². The van der Waals surface area contributed by atoms with Crippen LogP contribution in [0.25, 0.3) is 144 Å². The van der Waals surface area contributed by atoms with Gasteiger partial charge in [0.05, 0.1) is 33.4 Å². The first-order valence-electron chi connectivity index (χ1n) is 42.4. The Kier molecular flexibility index (Phi) is 17.6. The lowest BCUT2D eigenvalue weighted by Crippen LogP contribution is -2.61. The Bertz CT molecular complexity index is 6800. The number of hydrogen-bond acceptors (Lipinski definition) is 2. The third kappa shape index (κ3) is 12.6. The van der Waals surface area contributed by atoms with Crippen molar-refractivity contribution in [2.24, 2.45) is 0 Å². The lowest BCUT2D eigenvalue weighted by molar-refractivity contribution is 0.590. The highest BCUT2D eigenvalue weighted by Gasteiger charge is 2.46. The Balaban J connectivity index is 0.905. The molecule has 2 aliphatic rings. The number of fused-ring (bicyclic) bond motifs is 10. The van der Waals surface area contributed by atoms with Crippen LogP contribution in [0.2, 0.25) is 0 Å². The fourth-order valence-electron chi connectivity index (χ4n) is 19.4. The van der Waals surface area contributed by atoms with E-state index >= 15 is 0 Å². The third-order valence-corrected chi connectivity index (χ3v) is 25.4. The second-order valence-corrected chi connectivity index (χ2v) is 35.7. The summed E-state index contributed by atoms with van der Waals surface area (Å²) in [6.45, 7) is 25.2. The van der Waals surface area contributed by atoms with Crippen molar-refractivity contribution in [2.45, 2.75) is 87.0 Å². The number of nitrogens with zero attached hydrogens (tertiary/aromatic N) is 4. The van der Waals surface area contributed by atoms with E-state index in [2.05, 4.69) is 459 Å². The molecule has 0 atom stereocenters. The summed E-state index contributed by atoms with van der Waals surface area (Å²) in [6.07, 6.45) is 0. The van der Waals surface area contributed by atoms with Gasteiger partial charge < -0.3 is 18.9 Å². The predicted molar refractivity (Wildman–Crippen MR) is 514 cm³/mol. The molecule has 0 fully saturated rings. The molecule has 0 spiro atoms. The minimum Gasteiger partial charge on any atom is -0.310 e. The zero-order valence-corrected chi connectivity index (χ0v) is 70.0. The van der Waals surface area contributed by atoms with Crippen molar-refractivity contribution in [3.63, 3.8) is 0 Å². The molecule has 0 amide bonds. The maximum absolute atomic E-state index is 2.74. The molecule has 2 aromatic heterocycles. The maximum atomic E-state index is 2.74. The molecule has 0 saturated carbocycles. The molecular formula is C115H93BN4. The van der Waals surface area contributed by atoms with Gasteiger partial charge in [0.15, 0.2) is 0 Å². The van der Waals surface area contributed by atoms with Crippen molar-refractivity contribution in [1.29, 1.82) is 0 Å². The van der Waals surface area contributed by atoms with Crippen LogP contribution < -0.4 is 26.2 Å². The number of aromatic nitrogens is 2. The van der Waals surface area contributed by atoms with E-state index in [1.165, 1.54) is 116 Å². The van der Waals surface area contributed by atoms with E-state index in [1.54, 1.807) is 0 Å². The Labute approximate surface area is 705 Å². The fourth-order valence-corrected chi connectivity index (χ4v) is 19.4. The Morgan fingerprint density at radius 2 is 0.492 bits per heavy atom. The molecule has 0 radical (unpaired) electrons. The summed E-state index contributed by atoms with van der Waals surface area (Å²) >= 11 is 0. The number of aryl methyl sites for hydroxylation is 5. The molecule has 576 valence electrons. The monoisotopic (exact) mass is 1540 g/mol. The number of benzene rings is 17. The van der Waals surface area contributed by atoms with Crippen LogP contribution in [0.3, 0.4) is 0 Å². The van der Waals surface area contributed by atoms with Crippen LogP contribution in [-0.2, 0) is 10.8 Å². The van der Waals surface area contributed by atoms with E-state index in [1.807, 2.05) is 0 Å². The van der Waals surface area contributed by atoms with E-state index in [9.17, 15) is 0 Å². The lowest BCUT2D eigenvalue weighted by Gasteiger charge is -2.46. The molecule has 21 rings (SSSR count). The Morgan fingerprint density at radius 3 is 0.808 bits per heavy atom. The van der Waals surface area contributed by atoms with Gasteiger partial charge in [-0.2, -0.15) is 0 Å². The van der Waals surface area contributed by atoms with Gasteiger partial charge in [0.1, 0.15) is 0 Å². The van der Waals surface area contributed by atoms with Gasteiger partial charge in [0, 0.05) is 77.9 Å². The molecule has 17 aromatic carbocycles. The molecule has 5 heteroatoms. The van der Waals surface area contributed by atoms with Crippen molar-refractivity contribution >= 4 is 101 Å². The average Bonchev–Trinajstić information content (AvgIpc) is 0.709. The topological polar surface area (TPSA) is 16.3 Å². The molecule has 0 unspecified atom stereocenters. The van der Waals surface area contributed by atoms with Crippen LogP contribution >= 0.6 is 0 Å². The molecule has 0 N–H and O–H groups in total. The first kappa shape index (κ1) is 73.6. The van der Waals surface area contributed by atoms with Gasteiger partial charge in [-0.1, -0.05) is 294 Å². The highest BCUT2D eigenvalue weighted by atomic mass is 15.2. The molecule has 0 bridgehead atoms. The van der Waals surface area contributed by atoms with Gasteiger partial charge in [-0.25, -0.2) is 0 Å². The predicted octanol–water partition coefficient (Wildman–Crippen LogP) is 29.4. The smallest absolute Gasteiger partial charge is 0.252 e. The van der Waals surface area contributed by atoms with Crippen LogP contribution in [0, 0.1) is 34.6 Å². The van der Waals surface area contributed by atoms with Gasteiger partial charge >= 0.3 is 0 Å². The Hall–Kier alpha value is -14.0. The van der Waals surface area contributed by atoms with E-state index in [4.69, 9.17) is 0 Å². The first-order valence-corrected chi connectivity index (χ1v) is 42.4. The fraction of sp³-hybridized carbons (Fsp3) is 0.113. The number of hydrogen-bond donors (Lipinski definition) is 0. The van der Waals surface area contributed by atoms with Gasteiger partial charge in [-0.05, 0) is 279 Å². The summed E-state index contributed by atoms with van der Waals surface area (Å²) in [5.41, 5.74) is 43.8. The van der Waals surface area contributed by atoms with E-state index in [0.717, 1.165) is 118 Å². The molecule has 120 heavy (non-hydrogen) atoms. The van der Waals surface area contributed by atoms with Crippen molar-refractivity contribution in [3.8, 4) is 100 Å². The van der Waals surface area contributed by atoms with Gasteiger partial charge in [0.2, 0.25) is 0 Å². The van der Waals surface area contributed by atoms with E-state index in [0.29, 0.717) is 0 Å². The number of anilines is 6. The van der Waals surface area contributed by atoms with Crippen LogP contribution in [-0.4, -0.2) is 15.8 Å². The number of rotatable bonds is 12. The molecule has 4 nitrogen and oxygen atoms in total.